The fourth-order valence-electron chi connectivity index (χ4n) is 2.75. The molecular weight excluding hydrogens is 370 g/mol. The van der Waals surface area contributed by atoms with Crippen molar-refractivity contribution in [3.63, 3.8) is 0 Å². The van der Waals surface area contributed by atoms with Crippen LogP contribution in [-0.2, 0) is 16.1 Å². The van der Waals surface area contributed by atoms with Crippen LogP contribution in [0.25, 0.3) is 10.2 Å². The summed E-state index contributed by atoms with van der Waals surface area (Å²) in [7, 11) is 1.60. The molecule has 1 N–H and O–H groups in total. The monoisotopic (exact) mass is 397 g/mol. The number of nitrogens with zero attached hydrogens (tertiary/aromatic N) is 2. The van der Waals surface area contributed by atoms with Crippen LogP contribution in [0, 0.1) is 13.8 Å². The van der Waals surface area contributed by atoms with Crippen molar-refractivity contribution in [2.45, 2.75) is 58.3 Å². The highest BCUT2D eigenvalue weighted by atomic mass is 32.2. The van der Waals surface area contributed by atoms with E-state index in [1.54, 1.807) is 11.7 Å². The third-order valence-electron chi connectivity index (χ3n) is 4.23. The molecule has 1 unspecified atom stereocenters. The van der Waals surface area contributed by atoms with Crippen molar-refractivity contribution in [2.24, 2.45) is 0 Å². The molecule has 1 atom stereocenters. The predicted octanol–water partition coefficient (Wildman–Crippen LogP) is 3.12. The lowest BCUT2D eigenvalue weighted by Gasteiger charge is -2.14. The first-order valence-electron chi connectivity index (χ1n) is 8.80. The number of carbonyl (C=O) groups is 1. The molecule has 144 valence electrons. The summed E-state index contributed by atoms with van der Waals surface area (Å²) in [5.41, 5.74) is 0.924. The van der Waals surface area contributed by atoms with Crippen LogP contribution in [0.5, 0.6) is 0 Å². The van der Waals surface area contributed by atoms with Gasteiger partial charge < -0.3 is 10.1 Å². The first-order chi connectivity index (χ1) is 12.4. The number of carbonyl (C=O) groups excluding carboxylic acids is 1. The van der Waals surface area contributed by atoms with E-state index in [-0.39, 0.29) is 23.3 Å². The Balaban J connectivity index is 2.27. The molecule has 2 aromatic rings. The molecule has 0 aliphatic rings. The molecule has 8 heteroatoms. The van der Waals surface area contributed by atoms with E-state index in [0.29, 0.717) is 23.7 Å². The zero-order valence-electron chi connectivity index (χ0n) is 16.0. The maximum Gasteiger partial charge on any atom is 0.263 e. The van der Waals surface area contributed by atoms with E-state index in [1.165, 1.54) is 23.1 Å². The number of amides is 1. The number of hydrogen-bond acceptors (Lipinski definition) is 6. The summed E-state index contributed by atoms with van der Waals surface area (Å²) in [5.74, 6) is 0.199. The predicted molar refractivity (Wildman–Crippen MR) is 108 cm³/mol. The molecule has 2 rings (SSSR count). The van der Waals surface area contributed by atoms with E-state index in [2.05, 4.69) is 17.2 Å². The summed E-state index contributed by atoms with van der Waals surface area (Å²) in [6.45, 7) is 8.88. The Labute approximate surface area is 162 Å². The van der Waals surface area contributed by atoms with Gasteiger partial charge >= 0.3 is 0 Å². The van der Waals surface area contributed by atoms with Gasteiger partial charge in [0.15, 0.2) is 5.16 Å². The highest BCUT2D eigenvalue weighted by Crippen LogP contribution is 2.28. The highest BCUT2D eigenvalue weighted by molar-refractivity contribution is 7.99. The molecule has 0 bridgehead atoms. The molecule has 0 aliphatic carbocycles. The fourth-order valence-corrected chi connectivity index (χ4v) is 4.66. The summed E-state index contributed by atoms with van der Waals surface area (Å²) in [6, 6.07) is 0.154. The number of thiophene rings is 1. The Hall–Kier alpha value is -1.38. The SMILES string of the molecule is CCCC(C)NC(=O)CSc1nc2sc(C)c(C)c2c(=O)n1CCOC. The van der Waals surface area contributed by atoms with Gasteiger partial charge in [-0.25, -0.2) is 4.98 Å². The fraction of sp³-hybridized carbons (Fsp3) is 0.611. The minimum Gasteiger partial charge on any atom is -0.383 e. The molecule has 0 saturated heterocycles. The van der Waals surface area contributed by atoms with Crippen molar-refractivity contribution in [2.75, 3.05) is 19.5 Å². The maximum atomic E-state index is 13.0. The van der Waals surface area contributed by atoms with E-state index in [4.69, 9.17) is 4.74 Å². The van der Waals surface area contributed by atoms with Gasteiger partial charge in [-0.3, -0.25) is 14.2 Å². The minimum absolute atomic E-state index is 0.0397. The molecule has 2 heterocycles. The van der Waals surface area contributed by atoms with Gasteiger partial charge in [-0.05, 0) is 32.8 Å². The smallest absolute Gasteiger partial charge is 0.263 e. The van der Waals surface area contributed by atoms with Crippen LogP contribution in [0.1, 0.15) is 37.1 Å². The first kappa shape index (κ1) is 20.9. The summed E-state index contributed by atoms with van der Waals surface area (Å²) >= 11 is 2.82. The van der Waals surface area contributed by atoms with Gasteiger partial charge in [0.1, 0.15) is 4.83 Å². The van der Waals surface area contributed by atoms with Gasteiger partial charge in [-0.15, -0.1) is 11.3 Å². The Morgan fingerprint density at radius 2 is 2.15 bits per heavy atom. The van der Waals surface area contributed by atoms with Crippen molar-refractivity contribution in [3.05, 3.63) is 20.8 Å². The second-order valence-electron chi connectivity index (χ2n) is 6.35. The normalized spacial score (nSPS) is 12.5. The average Bonchev–Trinajstić information content (AvgIpc) is 2.87. The Morgan fingerprint density at radius 3 is 2.81 bits per heavy atom. The standard InChI is InChI=1S/C18H27N3O3S2/c1-6-7-11(2)19-14(22)10-25-18-20-16-15(12(3)13(4)26-16)17(23)21(18)8-9-24-5/h11H,6-10H2,1-5H3,(H,19,22). The molecule has 0 aromatic carbocycles. The largest absolute Gasteiger partial charge is 0.383 e. The van der Waals surface area contributed by atoms with Gasteiger partial charge in [0.2, 0.25) is 5.91 Å². The van der Waals surface area contributed by atoms with Crippen LogP contribution < -0.4 is 10.9 Å². The maximum absolute atomic E-state index is 13.0. The summed E-state index contributed by atoms with van der Waals surface area (Å²) < 4.78 is 6.76. The molecule has 6 nitrogen and oxygen atoms in total. The number of ether oxygens (including phenoxy) is 1. The quantitative estimate of drug-likeness (QED) is 0.520. The van der Waals surface area contributed by atoms with Gasteiger partial charge in [0.25, 0.3) is 5.56 Å². The van der Waals surface area contributed by atoms with Crippen LogP contribution >= 0.6 is 23.1 Å². The number of aryl methyl sites for hydroxylation is 2. The van der Waals surface area contributed by atoms with Crippen LogP contribution in [0.2, 0.25) is 0 Å². The zero-order valence-corrected chi connectivity index (χ0v) is 17.7. The lowest BCUT2D eigenvalue weighted by molar-refractivity contribution is -0.119. The van der Waals surface area contributed by atoms with E-state index in [1.807, 2.05) is 20.8 Å². The second-order valence-corrected chi connectivity index (χ2v) is 8.50. The summed E-state index contributed by atoms with van der Waals surface area (Å²) in [6.07, 6.45) is 1.98. The molecule has 1 amide bonds. The van der Waals surface area contributed by atoms with E-state index in [9.17, 15) is 9.59 Å². The number of hydrogen-bond donors (Lipinski definition) is 1. The molecule has 0 radical (unpaired) electrons. The first-order valence-corrected chi connectivity index (χ1v) is 10.6. The highest BCUT2D eigenvalue weighted by Gasteiger charge is 2.18. The Bertz CT molecular complexity index is 829. The Kier molecular flexibility index (Phi) is 7.67. The minimum atomic E-state index is -0.0591. The number of methoxy groups -OCH3 is 1. The van der Waals surface area contributed by atoms with Gasteiger partial charge in [0, 0.05) is 18.0 Å². The van der Waals surface area contributed by atoms with Crippen LogP contribution in [0.4, 0.5) is 0 Å². The summed E-state index contributed by atoms with van der Waals surface area (Å²) in [4.78, 5) is 31.6. The number of nitrogens with one attached hydrogen (secondary N) is 1. The number of fused-ring (bicyclic) bond motifs is 1. The zero-order chi connectivity index (χ0) is 19.3. The molecule has 2 aromatic heterocycles. The summed E-state index contributed by atoms with van der Waals surface area (Å²) in [5, 5.41) is 4.23. The Morgan fingerprint density at radius 1 is 1.42 bits per heavy atom. The second kappa shape index (κ2) is 9.53. The van der Waals surface area contributed by atoms with Gasteiger partial charge in [-0.1, -0.05) is 25.1 Å². The number of aromatic nitrogens is 2. The van der Waals surface area contributed by atoms with Crippen LogP contribution in [0.3, 0.4) is 0 Å². The number of rotatable bonds is 9. The third-order valence-corrected chi connectivity index (χ3v) is 6.31. The van der Waals surface area contributed by atoms with Gasteiger partial charge in [-0.2, -0.15) is 0 Å². The lowest BCUT2D eigenvalue weighted by atomic mass is 10.2. The van der Waals surface area contributed by atoms with Crippen molar-refractivity contribution < 1.29 is 9.53 Å². The van der Waals surface area contributed by atoms with Crippen LogP contribution in [0.15, 0.2) is 9.95 Å². The number of thioether (sulfide) groups is 1. The molecule has 0 spiro atoms. The van der Waals surface area contributed by atoms with Crippen LogP contribution in [-0.4, -0.2) is 41.0 Å². The van der Waals surface area contributed by atoms with E-state index >= 15 is 0 Å². The van der Waals surface area contributed by atoms with Crippen molar-refractivity contribution in [1.29, 1.82) is 0 Å². The topological polar surface area (TPSA) is 73.2 Å². The van der Waals surface area contributed by atoms with E-state index < -0.39 is 0 Å². The average molecular weight is 398 g/mol. The van der Waals surface area contributed by atoms with E-state index in [0.717, 1.165) is 28.1 Å². The molecule has 0 saturated carbocycles. The molecular formula is C18H27N3O3S2. The molecule has 0 aliphatic heterocycles. The molecule has 26 heavy (non-hydrogen) atoms. The lowest BCUT2D eigenvalue weighted by Crippen LogP contribution is -2.34. The van der Waals surface area contributed by atoms with Crippen molar-refractivity contribution in [3.8, 4) is 0 Å². The third kappa shape index (κ3) is 4.86. The molecule has 0 fully saturated rings. The van der Waals surface area contributed by atoms with Crippen molar-refractivity contribution in [1.82, 2.24) is 14.9 Å². The van der Waals surface area contributed by atoms with Crippen molar-refractivity contribution >= 4 is 39.2 Å². The van der Waals surface area contributed by atoms with Gasteiger partial charge in [0.05, 0.1) is 24.3 Å².